The zero-order chi connectivity index (χ0) is 13.9. The van der Waals surface area contributed by atoms with Crippen molar-refractivity contribution >= 4 is 17.6 Å². The molecule has 1 unspecified atom stereocenters. The van der Waals surface area contributed by atoms with E-state index in [4.69, 9.17) is 30.9 Å². The summed E-state index contributed by atoms with van der Waals surface area (Å²) >= 11 is 6.14. The number of carbonyl (C=O) groups is 1. The second-order valence-electron chi connectivity index (χ2n) is 3.60. The van der Waals surface area contributed by atoms with Gasteiger partial charge in [0.1, 0.15) is 5.75 Å². The third kappa shape index (κ3) is 2.46. The van der Waals surface area contributed by atoms with Crippen molar-refractivity contribution in [2.75, 3.05) is 21.3 Å². The summed E-state index contributed by atoms with van der Waals surface area (Å²) in [5.74, 6) is -0.820. The van der Waals surface area contributed by atoms with Gasteiger partial charge in [0.2, 0.25) is 0 Å². The highest BCUT2D eigenvalue weighted by molar-refractivity contribution is 6.33. The third-order valence-electron chi connectivity index (χ3n) is 2.63. The predicted octanol–water partition coefficient (Wildman–Crippen LogP) is 2.55. The SMILES string of the molecule is COc1cc(OC)c(OC)c(C(C)C(=O)O)c1Cl. The van der Waals surface area contributed by atoms with Crippen LogP contribution in [0.15, 0.2) is 6.07 Å². The number of ether oxygens (including phenoxy) is 3. The van der Waals surface area contributed by atoms with Gasteiger partial charge >= 0.3 is 5.97 Å². The van der Waals surface area contributed by atoms with Crippen molar-refractivity contribution in [2.45, 2.75) is 12.8 Å². The summed E-state index contributed by atoms with van der Waals surface area (Å²) in [5.41, 5.74) is 0.336. The van der Waals surface area contributed by atoms with Gasteiger partial charge in [0.15, 0.2) is 11.5 Å². The van der Waals surface area contributed by atoms with Crippen LogP contribution in [-0.2, 0) is 4.79 Å². The van der Waals surface area contributed by atoms with Crippen LogP contribution in [0.2, 0.25) is 5.02 Å². The molecule has 1 atom stereocenters. The summed E-state index contributed by atoms with van der Waals surface area (Å²) in [6.45, 7) is 1.52. The first-order chi connectivity index (χ1) is 8.47. The maximum Gasteiger partial charge on any atom is 0.310 e. The van der Waals surface area contributed by atoms with E-state index in [0.717, 1.165) is 0 Å². The minimum Gasteiger partial charge on any atom is -0.495 e. The Morgan fingerprint density at radius 3 is 2.17 bits per heavy atom. The van der Waals surface area contributed by atoms with Crippen LogP contribution >= 0.6 is 11.6 Å². The van der Waals surface area contributed by atoms with E-state index in [0.29, 0.717) is 22.8 Å². The van der Waals surface area contributed by atoms with Crippen molar-refractivity contribution in [1.29, 1.82) is 0 Å². The zero-order valence-electron chi connectivity index (χ0n) is 10.6. The van der Waals surface area contributed by atoms with Gasteiger partial charge in [0.25, 0.3) is 0 Å². The summed E-state index contributed by atoms with van der Waals surface area (Å²) in [4.78, 5) is 11.1. The van der Waals surface area contributed by atoms with Gasteiger partial charge in [-0.2, -0.15) is 0 Å². The van der Waals surface area contributed by atoms with Gasteiger partial charge < -0.3 is 19.3 Å². The normalized spacial score (nSPS) is 11.8. The quantitative estimate of drug-likeness (QED) is 0.894. The smallest absolute Gasteiger partial charge is 0.310 e. The van der Waals surface area contributed by atoms with Gasteiger partial charge in [0.05, 0.1) is 32.3 Å². The molecule has 0 aliphatic carbocycles. The van der Waals surface area contributed by atoms with E-state index >= 15 is 0 Å². The Morgan fingerprint density at radius 2 is 1.78 bits per heavy atom. The first-order valence-corrected chi connectivity index (χ1v) is 5.56. The molecular formula is C12H15ClO5. The van der Waals surface area contributed by atoms with Crippen molar-refractivity contribution in [3.05, 3.63) is 16.7 Å². The molecule has 1 aromatic rings. The van der Waals surface area contributed by atoms with Crippen LogP contribution in [0.1, 0.15) is 18.4 Å². The van der Waals surface area contributed by atoms with Gasteiger partial charge in [0, 0.05) is 11.6 Å². The summed E-state index contributed by atoms with van der Waals surface area (Å²) in [6, 6.07) is 1.55. The standard InChI is InChI=1S/C12H15ClO5/c1-6(12(14)15)9-10(13)7(16-2)5-8(17-3)11(9)18-4/h5-6H,1-4H3,(H,14,15). The highest BCUT2D eigenvalue weighted by Crippen LogP contribution is 2.45. The lowest BCUT2D eigenvalue weighted by Crippen LogP contribution is -2.11. The lowest BCUT2D eigenvalue weighted by molar-refractivity contribution is -0.138. The topological polar surface area (TPSA) is 65.0 Å². The maximum atomic E-state index is 11.1. The molecule has 0 aliphatic rings. The highest BCUT2D eigenvalue weighted by atomic mass is 35.5. The molecule has 18 heavy (non-hydrogen) atoms. The number of methoxy groups -OCH3 is 3. The largest absolute Gasteiger partial charge is 0.495 e. The molecule has 0 heterocycles. The number of aliphatic carboxylic acids is 1. The molecule has 0 aliphatic heterocycles. The second-order valence-corrected chi connectivity index (χ2v) is 3.98. The molecule has 0 aromatic heterocycles. The Kier molecular flexibility index (Phi) is 4.67. The van der Waals surface area contributed by atoms with Crippen LogP contribution in [0.3, 0.4) is 0 Å². The molecule has 1 N–H and O–H groups in total. The Labute approximate surface area is 110 Å². The Hall–Kier alpha value is -1.62. The minimum atomic E-state index is -1.01. The lowest BCUT2D eigenvalue weighted by Gasteiger charge is -2.19. The fourth-order valence-corrected chi connectivity index (χ4v) is 2.02. The minimum absolute atomic E-state index is 0.213. The van der Waals surface area contributed by atoms with E-state index in [9.17, 15) is 4.79 Å². The van der Waals surface area contributed by atoms with Crippen LogP contribution in [-0.4, -0.2) is 32.4 Å². The number of benzene rings is 1. The molecule has 100 valence electrons. The highest BCUT2D eigenvalue weighted by Gasteiger charge is 2.27. The van der Waals surface area contributed by atoms with Crippen LogP contribution in [0.25, 0.3) is 0 Å². The number of halogens is 1. The van der Waals surface area contributed by atoms with Gasteiger partial charge in [-0.1, -0.05) is 11.6 Å². The monoisotopic (exact) mass is 274 g/mol. The first-order valence-electron chi connectivity index (χ1n) is 5.19. The molecule has 5 nitrogen and oxygen atoms in total. The van der Waals surface area contributed by atoms with Crippen molar-refractivity contribution in [3.63, 3.8) is 0 Å². The Morgan fingerprint density at radius 1 is 1.22 bits per heavy atom. The first kappa shape index (κ1) is 14.4. The van der Waals surface area contributed by atoms with Crippen LogP contribution in [0.4, 0.5) is 0 Å². The van der Waals surface area contributed by atoms with E-state index in [-0.39, 0.29) is 5.02 Å². The molecule has 0 radical (unpaired) electrons. The fourth-order valence-electron chi connectivity index (χ4n) is 1.63. The van der Waals surface area contributed by atoms with E-state index in [2.05, 4.69) is 0 Å². The molecule has 1 rings (SSSR count). The van der Waals surface area contributed by atoms with Crippen molar-refractivity contribution in [1.82, 2.24) is 0 Å². The van der Waals surface area contributed by atoms with Crippen LogP contribution in [0, 0.1) is 0 Å². The number of hydrogen-bond acceptors (Lipinski definition) is 4. The van der Waals surface area contributed by atoms with E-state index in [1.165, 1.54) is 28.3 Å². The molecule has 0 amide bonds. The summed E-state index contributed by atoms with van der Waals surface area (Å²) in [5, 5.41) is 9.32. The Balaban J connectivity index is 3.57. The number of carboxylic acid groups (broad SMARTS) is 1. The van der Waals surface area contributed by atoms with Gasteiger partial charge in [-0.25, -0.2) is 0 Å². The molecule has 6 heteroatoms. The number of carboxylic acids is 1. The summed E-state index contributed by atoms with van der Waals surface area (Å²) < 4.78 is 15.4. The molecule has 0 saturated heterocycles. The second kappa shape index (κ2) is 5.82. The molecule has 1 aromatic carbocycles. The van der Waals surface area contributed by atoms with Crippen LogP contribution < -0.4 is 14.2 Å². The molecule has 0 spiro atoms. The molecule has 0 fully saturated rings. The van der Waals surface area contributed by atoms with Crippen LogP contribution in [0.5, 0.6) is 17.2 Å². The third-order valence-corrected chi connectivity index (χ3v) is 3.02. The number of rotatable bonds is 5. The molecule has 0 saturated carbocycles. The van der Waals surface area contributed by atoms with Crippen molar-refractivity contribution in [3.8, 4) is 17.2 Å². The van der Waals surface area contributed by atoms with Crippen molar-refractivity contribution < 1.29 is 24.1 Å². The van der Waals surface area contributed by atoms with Gasteiger partial charge in [-0.15, -0.1) is 0 Å². The Bertz CT molecular complexity index is 458. The molecular weight excluding hydrogens is 260 g/mol. The summed E-state index contributed by atoms with van der Waals surface area (Å²) in [7, 11) is 4.33. The lowest BCUT2D eigenvalue weighted by atomic mass is 9.99. The maximum absolute atomic E-state index is 11.1. The average molecular weight is 275 g/mol. The van der Waals surface area contributed by atoms with E-state index < -0.39 is 11.9 Å². The van der Waals surface area contributed by atoms with E-state index in [1.54, 1.807) is 6.07 Å². The van der Waals surface area contributed by atoms with Gasteiger partial charge in [-0.05, 0) is 6.92 Å². The predicted molar refractivity (Wildman–Crippen MR) is 67.2 cm³/mol. The number of hydrogen-bond donors (Lipinski definition) is 1. The summed E-state index contributed by atoms with van der Waals surface area (Å²) in [6.07, 6.45) is 0. The molecule has 0 bridgehead atoms. The van der Waals surface area contributed by atoms with E-state index in [1.807, 2.05) is 0 Å². The van der Waals surface area contributed by atoms with Crippen molar-refractivity contribution in [2.24, 2.45) is 0 Å². The van der Waals surface area contributed by atoms with Gasteiger partial charge in [-0.3, -0.25) is 4.79 Å². The fraction of sp³-hybridized carbons (Fsp3) is 0.417. The zero-order valence-corrected chi connectivity index (χ0v) is 11.4. The average Bonchev–Trinajstić information content (AvgIpc) is 2.36.